The molecule has 0 aromatic rings. The molecule has 0 heterocycles. The van der Waals surface area contributed by atoms with E-state index in [1.54, 1.807) is 0 Å². The van der Waals surface area contributed by atoms with Crippen LogP contribution in [0.25, 0.3) is 0 Å². The van der Waals surface area contributed by atoms with E-state index in [-0.39, 0.29) is 56.6 Å². The molecule has 0 saturated carbocycles. The van der Waals surface area contributed by atoms with E-state index >= 15 is 0 Å². The normalized spacial score (nSPS) is 7.36. The van der Waals surface area contributed by atoms with Crippen LogP contribution in [-0.4, -0.2) is 0 Å². The molecule has 0 amide bonds. The van der Waals surface area contributed by atoms with Crippen LogP contribution in [0.4, 0.5) is 7.16 Å². The number of halogens is 2. The first-order chi connectivity index (χ1) is 3.41. The first-order valence-electron chi connectivity index (χ1n) is 0.982. The van der Waals surface area contributed by atoms with Crippen LogP contribution < -0.4 is 71.3 Å². The van der Waals surface area contributed by atoms with Crippen molar-refractivity contribution in [3.05, 3.63) is 0 Å². The van der Waals surface area contributed by atoms with Crippen molar-refractivity contribution in [1.82, 2.24) is 0 Å². The SMILES string of the molecule is O=P([O-])([O-])[O-].[F][Co][F].[Li+].[Li+].[Li+]. The van der Waals surface area contributed by atoms with Crippen molar-refractivity contribution in [2.24, 2.45) is 0 Å². The molecule has 0 atom stereocenters. The molecule has 0 radical (unpaired) electrons. The van der Waals surface area contributed by atoms with Gasteiger partial charge in [0.2, 0.25) is 0 Å². The van der Waals surface area contributed by atoms with Gasteiger partial charge in [0.15, 0.2) is 0 Å². The third-order valence-corrected chi connectivity index (χ3v) is 0. The van der Waals surface area contributed by atoms with Crippen molar-refractivity contribution in [2.45, 2.75) is 0 Å². The molecular weight excluding hydrogens is 213 g/mol. The zero-order valence-corrected chi connectivity index (χ0v) is 8.10. The monoisotopic (exact) mass is 213 g/mol. The standard InChI is InChI=1S/Co.2FH.3Li.H3O4P/c;;;;;;1-5(2,3)4/h;2*1H;;;;(H3,1,2,3,4)/q+2;;;3*+1;/p-5. The van der Waals surface area contributed by atoms with Gasteiger partial charge in [-0.2, -0.15) is 7.82 Å². The van der Waals surface area contributed by atoms with Gasteiger partial charge in [0.05, 0.1) is 0 Å². The van der Waals surface area contributed by atoms with Gasteiger partial charge in [-0.1, -0.05) is 0 Å². The molecular formula is CoF2Li3O4P. The molecule has 0 aliphatic carbocycles. The summed E-state index contributed by atoms with van der Waals surface area (Å²) in [6, 6.07) is 0. The molecule has 0 aromatic carbocycles. The smallest absolute Gasteiger partial charge is 1.00 e. The van der Waals surface area contributed by atoms with E-state index in [4.69, 9.17) is 19.2 Å². The maximum atomic E-state index is 9.59. The number of rotatable bonds is 0. The van der Waals surface area contributed by atoms with Crippen molar-refractivity contribution in [1.29, 1.82) is 0 Å². The molecule has 55 valence electrons. The van der Waals surface area contributed by atoms with Crippen LogP contribution in [0, 0.1) is 0 Å². The summed E-state index contributed by atoms with van der Waals surface area (Å²) in [4.78, 5) is 25.6. The average Bonchev–Trinajstić information content (AvgIpc) is 1.27. The Balaban J connectivity index is -0.0000000183. The number of hydrogen-bond donors (Lipinski definition) is 0. The quantitative estimate of drug-likeness (QED) is 0.295. The van der Waals surface area contributed by atoms with Gasteiger partial charge in [0.25, 0.3) is 0 Å². The van der Waals surface area contributed by atoms with E-state index in [1.807, 2.05) is 0 Å². The Kier molecular flexibility index (Phi) is 48.2. The van der Waals surface area contributed by atoms with E-state index < -0.39 is 23.4 Å². The molecule has 0 unspecified atom stereocenters. The van der Waals surface area contributed by atoms with Crippen molar-refractivity contribution >= 4 is 7.82 Å². The summed E-state index contributed by atoms with van der Waals surface area (Å²) in [5.41, 5.74) is 0. The Morgan fingerprint density at radius 2 is 1.00 bits per heavy atom. The maximum absolute atomic E-state index is 9.59. The second kappa shape index (κ2) is 18.1. The van der Waals surface area contributed by atoms with Crippen LogP contribution in [0.3, 0.4) is 0 Å². The number of hydrogen-bond acceptors (Lipinski definition) is 4. The summed E-state index contributed by atoms with van der Waals surface area (Å²) in [7, 11) is -5.39. The zero-order chi connectivity index (χ0) is 7.21. The van der Waals surface area contributed by atoms with E-state index in [9.17, 15) is 7.16 Å². The molecule has 11 heteroatoms. The fourth-order valence-corrected chi connectivity index (χ4v) is 0. The van der Waals surface area contributed by atoms with Crippen LogP contribution in [0.1, 0.15) is 0 Å². The summed E-state index contributed by atoms with van der Waals surface area (Å²) >= 11 is -1.56. The Hall–Kier alpha value is 2.27. The second-order valence-electron chi connectivity index (χ2n) is 0.495. The van der Waals surface area contributed by atoms with Crippen molar-refractivity contribution in [2.75, 3.05) is 0 Å². The fourth-order valence-electron chi connectivity index (χ4n) is 0. The molecule has 4 nitrogen and oxygen atoms in total. The molecule has 0 fully saturated rings. The first-order valence-corrected chi connectivity index (χ1v) is 3.23. The predicted molar refractivity (Wildman–Crippen MR) is 9.82 cm³/mol. The van der Waals surface area contributed by atoms with Crippen molar-refractivity contribution < 1.29 is 98.6 Å². The third kappa shape index (κ3) is 251. The Morgan fingerprint density at radius 3 is 1.00 bits per heavy atom. The topological polar surface area (TPSA) is 86.2 Å². The summed E-state index contributed by atoms with van der Waals surface area (Å²) < 4.78 is 27.7. The molecule has 0 rings (SSSR count). The van der Waals surface area contributed by atoms with Crippen LogP contribution in [0.5, 0.6) is 0 Å². The van der Waals surface area contributed by atoms with E-state index in [2.05, 4.69) is 0 Å². The maximum Gasteiger partial charge on any atom is 1.00 e. The van der Waals surface area contributed by atoms with Gasteiger partial charge in [0, 0.05) is 0 Å². The molecule has 0 bridgehead atoms. The van der Waals surface area contributed by atoms with Gasteiger partial charge in [-0.05, 0) is 0 Å². The molecule has 0 spiro atoms. The van der Waals surface area contributed by atoms with E-state index in [1.165, 1.54) is 0 Å². The average molecular weight is 213 g/mol. The van der Waals surface area contributed by atoms with Gasteiger partial charge in [-0.25, -0.2) is 0 Å². The zero-order valence-electron chi connectivity index (χ0n) is 6.17. The van der Waals surface area contributed by atoms with Crippen LogP contribution in [-0.2, 0) is 20.2 Å². The van der Waals surface area contributed by atoms with E-state index in [0.29, 0.717) is 0 Å². The van der Waals surface area contributed by atoms with Crippen LogP contribution in [0.15, 0.2) is 0 Å². The minimum atomic E-state index is -5.39. The Labute approximate surface area is 106 Å². The van der Waals surface area contributed by atoms with Crippen molar-refractivity contribution in [3.63, 3.8) is 0 Å². The van der Waals surface area contributed by atoms with Gasteiger partial charge in [-0.15, -0.1) is 0 Å². The van der Waals surface area contributed by atoms with Crippen LogP contribution in [0.2, 0.25) is 0 Å². The summed E-state index contributed by atoms with van der Waals surface area (Å²) in [5.74, 6) is 0. The summed E-state index contributed by atoms with van der Waals surface area (Å²) in [6.07, 6.45) is 0. The van der Waals surface area contributed by atoms with Gasteiger partial charge in [0.1, 0.15) is 0 Å². The van der Waals surface area contributed by atoms with Crippen LogP contribution >= 0.6 is 7.82 Å². The first kappa shape index (κ1) is 29.2. The Morgan fingerprint density at radius 1 is 1.00 bits per heavy atom. The molecule has 11 heavy (non-hydrogen) atoms. The third-order valence-electron chi connectivity index (χ3n) is 0. The van der Waals surface area contributed by atoms with Gasteiger partial charge >= 0.3 is 79.3 Å². The van der Waals surface area contributed by atoms with Gasteiger partial charge < -0.3 is 19.2 Å². The minimum Gasteiger partial charge on any atom is 1.00 e. The van der Waals surface area contributed by atoms with Crippen molar-refractivity contribution in [3.8, 4) is 0 Å². The predicted octanol–water partition coefficient (Wildman–Crippen LogP) is -11.0. The largest absolute Gasteiger partial charge is 1.00 e. The van der Waals surface area contributed by atoms with Gasteiger partial charge in [-0.3, -0.25) is 0 Å². The molecule has 0 aromatic heterocycles. The number of phosphoric acid groups is 1. The molecule has 0 aliphatic heterocycles. The fraction of sp³-hybridized carbons (Fsp3) is 0. The molecule has 0 saturated heterocycles. The summed E-state index contributed by atoms with van der Waals surface area (Å²) in [6.45, 7) is 0. The Bertz CT molecular complexity index is 79.1. The second-order valence-corrected chi connectivity index (χ2v) is 1.54. The minimum absolute atomic E-state index is 0. The molecule has 0 aliphatic rings. The summed E-state index contributed by atoms with van der Waals surface area (Å²) in [5, 5.41) is 0. The molecule has 0 N–H and O–H groups in total. The van der Waals surface area contributed by atoms with E-state index in [0.717, 1.165) is 0 Å².